The molecule has 1 aromatic heterocycles. The normalized spacial score (nSPS) is 22.7. The Bertz CT molecular complexity index is 389. The van der Waals surface area contributed by atoms with Crippen molar-refractivity contribution in [2.24, 2.45) is 11.1 Å². The number of likely N-dealkylation sites (tertiary alicyclic amines) is 1. The second-order valence-electron chi connectivity index (χ2n) is 5.95. The van der Waals surface area contributed by atoms with Crippen LogP contribution in [0.2, 0.25) is 4.34 Å². The van der Waals surface area contributed by atoms with Crippen LogP contribution in [0.15, 0.2) is 12.1 Å². The zero-order valence-electron chi connectivity index (χ0n) is 11.3. The van der Waals surface area contributed by atoms with Gasteiger partial charge in [0.05, 0.1) is 10.4 Å². The minimum absolute atomic E-state index is 0.344. The van der Waals surface area contributed by atoms with Crippen LogP contribution in [0.3, 0.4) is 0 Å². The van der Waals surface area contributed by atoms with Crippen LogP contribution in [0.1, 0.15) is 44.0 Å². The Balaban J connectivity index is 2.08. The van der Waals surface area contributed by atoms with Crippen LogP contribution in [-0.2, 0) is 0 Å². The van der Waals surface area contributed by atoms with Gasteiger partial charge in [-0.15, -0.1) is 11.3 Å². The van der Waals surface area contributed by atoms with Gasteiger partial charge in [-0.05, 0) is 49.9 Å². The van der Waals surface area contributed by atoms with Gasteiger partial charge in [-0.1, -0.05) is 25.4 Å². The zero-order valence-corrected chi connectivity index (χ0v) is 12.9. The Morgan fingerprint density at radius 3 is 2.78 bits per heavy atom. The molecular weight excluding hydrogens is 264 g/mol. The maximum absolute atomic E-state index is 6.04. The van der Waals surface area contributed by atoms with Gasteiger partial charge in [0.1, 0.15) is 0 Å². The van der Waals surface area contributed by atoms with E-state index in [1.165, 1.54) is 24.1 Å². The van der Waals surface area contributed by atoms with Crippen LogP contribution in [0, 0.1) is 5.41 Å². The van der Waals surface area contributed by atoms with Crippen molar-refractivity contribution in [2.75, 3.05) is 19.6 Å². The van der Waals surface area contributed by atoms with Gasteiger partial charge < -0.3 is 5.73 Å². The monoisotopic (exact) mass is 286 g/mol. The van der Waals surface area contributed by atoms with Gasteiger partial charge in [0.2, 0.25) is 0 Å². The summed E-state index contributed by atoms with van der Waals surface area (Å²) in [6.45, 7) is 7.72. The van der Waals surface area contributed by atoms with Crippen LogP contribution in [0.4, 0.5) is 0 Å². The first-order chi connectivity index (χ1) is 8.52. The van der Waals surface area contributed by atoms with Crippen LogP contribution < -0.4 is 5.73 Å². The molecule has 2 N–H and O–H groups in total. The fourth-order valence-electron chi connectivity index (χ4n) is 2.71. The van der Waals surface area contributed by atoms with Crippen LogP contribution in [0.25, 0.3) is 0 Å². The molecule has 0 saturated carbocycles. The minimum Gasteiger partial charge on any atom is -0.329 e. The average molecular weight is 287 g/mol. The molecule has 0 radical (unpaired) electrons. The molecule has 1 atom stereocenters. The van der Waals surface area contributed by atoms with Crippen LogP contribution >= 0.6 is 22.9 Å². The Labute approximate surface area is 119 Å². The van der Waals surface area contributed by atoms with Gasteiger partial charge in [0, 0.05) is 11.4 Å². The summed E-state index contributed by atoms with van der Waals surface area (Å²) < 4.78 is 0.860. The highest BCUT2D eigenvalue weighted by Crippen LogP contribution is 2.35. The number of nitrogens with two attached hydrogens (primary N) is 1. The highest BCUT2D eigenvalue weighted by Gasteiger charge is 2.27. The summed E-state index contributed by atoms with van der Waals surface area (Å²) in [6.07, 6.45) is 3.83. The minimum atomic E-state index is 0.344. The third-order valence-electron chi connectivity index (χ3n) is 3.96. The SMILES string of the molecule is CC1(C)CCCN(C(CN)c2ccc(Cl)s2)CC1. The quantitative estimate of drug-likeness (QED) is 0.913. The summed E-state index contributed by atoms with van der Waals surface area (Å²) in [4.78, 5) is 3.85. The van der Waals surface area contributed by atoms with Crippen molar-refractivity contribution in [3.8, 4) is 0 Å². The molecule has 18 heavy (non-hydrogen) atoms. The summed E-state index contributed by atoms with van der Waals surface area (Å²) in [6, 6.07) is 4.45. The predicted octanol–water partition coefficient (Wildman–Crippen LogP) is 3.91. The van der Waals surface area contributed by atoms with Crippen molar-refractivity contribution in [3.05, 3.63) is 21.3 Å². The first-order valence-corrected chi connectivity index (χ1v) is 7.91. The van der Waals surface area contributed by atoms with E-state index in [9.17, 15) is 0 Å². The lowest BCUT2D eigenvalue weighted by Crippen LogP contribution is -2.34. The van der Waals surface area contributed by atoms with Crippen molar-refractivity contribution in [2.45, 2.75) is 39.2 Å². The number of nitrogens with zero attached hydrogens (tertiary/aromatic N) is 1. The van der Waals surface area contributed by atoms with Gasteiger partial charge in [0.15, 0.2) is 0 Å². The standard InChI is InChI=1S/C14H23ClN2S/c1-14(2)6-3-8-17(9-7-14)11(10-16)12-4-5-13(15)18-12/h4-5,11H,3,6-10,16H2,1-2H3. The molecule has 0 aliphatic carbocycles. The van der Waals surface area contributed by atoms with E-state index in [0.717, 1.165) is 17.4 Å². The Kier molecular flexibility index (Phi) is 4.70. The first kappa shape index (κ1) is 14.3. The molecule has 0 bridgehead atoms. The lowest BCUT2D eigenvalue weighted by molar-refractivity contribution is 0.202. The fraction of sp³-hybridized carbons (Fsp3) is 0.714. The van der Waals surface area contributed by atoms with E-state index in [4.69, 9.17) is 17.3 Å². The summed E-state index contributed by atoms with van der Waals surface area (Å²) in [7, 11) is 0. The molecule has 1 unspecified atom stereocenters. The topological polar surface area (TPSA) is 29.3 Å². The van der Waals surface area contributed by atoms with E-state index in [0.29, 0.717) is 18.0 Å². The second kappa shape index (κ2) is 5.91. The Morgan fingerprint density at radius 1 is 1.39 bits per heavy atom. The van der Waals surface area contributed by atoms with E-state index in [-0.39, 0.29) is 0 Å². The van der Waals surface area contributed by atoms with Crippen molar-refractivity contribution in [1.29, 1.82) is 0 Å². The summed E-state index contributed by atoms with van der Waals surface area (Å²) in [5.74, 6) is 0. The molecule has 2 heterocycles. The van der Waals surface area contributed by atoms with Gasteiger partial charge in [0.25, 0.3) is 0 Å². The third kappa shape index (κ3) is 3.47. The molecule has 1 saturated heterocycles. The molecule has 1 fully saturated rings. The highest BCUT2D eigenvalue weighted by molar-refractivity contribution is 7.16. The van der Waals surface area contributed by atoms with Gasteiger partial charge >= 0.3 is 0 Å². The molecule has 0 amide bonds. The van der Waals surface area contributed by atoms with Crippen molar-refractivity contribution in [1.82, 2.24) is 4.90 Å². The fourth-order valence-corrected chi connectivity index (χ4v) is 3.92. The van der Waals surface area contributed by atoms with Gasteiger partial charge in [-0.25, -0.2) is 0 Å². The van der Waals surface area contributed by atoms with E-state index in [1.807, 2.05) is 6.07 Å². The molecule has 2 nitrogen and oxygen atoms in total. The third-order valence-corrected chi connectivity index (χ3v) is 5.29. The summed E-state index contributed by atoms with van der Waals surface area (Å²) in [5.41, 5.74) is 6.46. The molecule has 1 aromatic rings. The molecule has 0 aromatic carbocycles. The smallest absolute Gasteiger partial charge is 0.0931 e. The number of halogens is 1. The number of hydrogen-bond donors (Lipinski definition) is 1. The van der Waals surface area contributed by atoms with Gasteiger partial charge in [-0.3, -0.25) is 4.90 Å². The van der Waals surface area contributed by atoms with Crippen molar-refractivity contribution >= 4 is 22.9 Å². The zero-order chi connectivity index (χ0) is 13.2. The molecule has 1 aliphatic rings. The lowest BCUT2D eigenvalue weighted by atomic mass is 9.85. The number of rotatable bonds is 3. The predicted molar refractivity (Wildman–Crippen MR) is 80.3 cm³/mol. The summed E-state index contributed by atoms with van der Waals surface area (Å²) in [5, 5.41) is 0. The van der Waals surface area contributed by atoms with E-state index in [2.05, 4.69) is 24.8 Å². The summed E-state index contributed by atoms with van der Waals surface area (Å²) >= 11 is 7.70. The lowest BCUT2D eigenvalue weighted by Gasteiger charge is -2.29. The largest absolute Gasteiger partial charge is 0.329 e. The van der Waals surface area contributed by atoms with Crippen molar-refractivity contribution in [3.63, 3.8) is 0 Å². The van der Waals surface area contributed by atoms with E-state index in [1.54, 1.807) is 11.3 Å². The first-order valence-electron chi connectivity index (χ1n) is 6.71. The molecule has 0 spiro atoms. The highest BCUT2D eigenvalue weighted by atomic mass is 35.5. The number of thiophene rings is 1. The molecule has 102 valence electrons. The van der Waals surface area contributed by atoms with E-state index >= 15 is 0 Å². The van der Waals surface area contributed by atoms with E-state index < -0.39 is 0 Å². The average Bonchev–Trinajstić information content (AvgIpc) is 2.64. The van der Waals surface area contributed by atoms with Crippen LogP contribution in [0.5, 0.6) is 0 Å². The maximum atomic E-state index is 6.04. The Hall–Kier alpha value is -0.0900. The van der Waals surface area contributed by atoms with Crippen LogP contribution in [-0.4, -0.2) is 24.5 Å². The van der Waals surface area contributed by atoms with Crippen molar-refractivity contribution < 1.29 is 0 Å². The maximum Gasteiger partial charge on any atom is 0.0931 e. The Morgan fingerprint density at radius 2 is 2.17 bits per heavy atom. The molecule has 1 aliphatic heterocycles. The molecule has 4 heteroatoms. The molecule has 2 rings (SSSR count). The molecular formula is C14H23ClN2S. The number of hydrogen-bond acceptors (Lipinski definition) is 3. The van der Waals surface area contributed by atoms with Gasteiger partial charge in [-0.2, -0.15) is 0 Å². The second-order valence-corrected chi connectivity index (χ2v) is 7.69.